The second-order valence-electron chi connectivity index (χ2n) is 5.06. The van der Waals surface area contributed by atoms with Gasteiger partial charge in [0.25, 0.3) is 11.6 Å². The third-order valence-electron chi connectivity index (χ3n) is 3.48. The average molecular weight is 345 g/mol. The fourth-order valence-corrected chi connectivity index (χ4v) is 2.99. The molecule has 0 spiro atoms. The Morgan fingerprint density at radius 3 is 2.96 bits per heavy atom. The minimum absolute atomic E-state index is 0.108. The topological polar surface area (TPSA) is 94.3 Å². The summed E-state index contributed by atoms with van der Waals surface area (Å²) in [5.41, 5.74) is 1.98. The molecule has 0 saturated heterocycles. The van der Waals surface area contributed by atoms with E-state index in [2.05, 4.69) is 20.2 Å². The van der Waals surface area contributed by atoms with E-state index in [-0.39, 0.29) is 24.8 Å². The fourth-order valence-electron chi connectivity index (χ4n) is 2.30. The van der Waals surface area contributed by atoms with E-state index in [1.165, 1.54) is 18.4 Å². The lowest BCUT2D eigenvalue weighted by Crippen LogP contribution is -2.26. The molecule has 3 aromatic heterocycles. The van der Waals surface area contributed by atoms with Gasteiger partial charge in [-0.2, -0.15) is 0 Å². The Bertz CT molecular complexity index is 886. The maximum absolute atomic E-state index is 12.5. The number of carbonyl (C=O) groups is 2. The number of aryl methyl sites for hydroxylation is 1. The molecule has 3 rings (SSSR count). The number of carbonyl (C=O) groups excluding carboxylic acids is 2. The second-order valence-corrected chi connectivity index (χ2v) is 6.01. The van der Waals surface area contributed by atoms with Crippen molar-refractivity contribution in [2.24, 2.45) is 0 Å². The van der Waals surface area contributed by atoms with Gasteiger partial charge in [0.2, 0.25) is 0 Å². The summed E-state index contributed by atoms with van der Waals surface area (Å²) >= 11 is 1.52. The van der Waals surface area contributed by atoms with Gasteiger partial charge < -0.3 is 14.6 Å². The van der Waals surface area contributed by atoms with E-state index in [0.717, 1.165) is 4.88 Å². The molecule has 0 aliphatic carbocycles. The van der Waals surface area contributed by atoms with Crippen LogP contribution in [0, 0.1) is 6.92 Å². The van der Waals surface area contributed by atoms with Gasteiger partial charge in [0.15, 0.2) is 0 Å². The van der Waals surface area contributed by atoms with Crippen molar-refractivity contribution in [1.29, 1.82) is 0 Å². The molecule has 0 atom stereocenters. The highest BCUT2D eigenvalue weighted by Gasteiger charge is 2.19. The Balaban J connectivity index is 1.94. The standard InChI is InChI=1S/C16H15N3O4S/c1-9-14-10(15(21)17-6-5-13(20)22-2)8-11(12-4-3-7-24-12)18-16(14)23-19-9/h3-4,7-8H,5-6H2,1-2H3,(H,17,21). The first kappa shape index (κ1) is 16.1. The molecule has 0 aliphatic rings. The van der Waals surface area contributed by atoms with Crippen molar-refractivity contribution in [1.82, 2.24) is 15.5 Å². The van der Waals surface area contributed by atoms with E-state index < -0.39 is 0 Å². The van der Waals surface area contributed by atoms with Crippen molar-refractivity contribution in [2.75, 3.05) is 13.7 Å². The number of aromatic nitrogens is 2. The highest BCUT2D eigenvalue weighted by Crippen LogP contribution is 2.29. The summed E-state index contributed by atoms with van der Waals surface area (Å²) < 4.78 is 9.79. The van der Waals surface area contributed by atoms with Crippen molar-refractivity contribution < 1.29 is 18.8 Å². The molecule has 0 bridgehead atoms. The summed E-state index contributed by atoms with van der Waals surface area (Å²) in [5.74, 6) is -0.689. The van der Waals surface area contributed by atoms with Crippen LogP contribution in [-0.2, 0) is 9.53 Å². The summed E-state index contributed by atoms with van der Waals surface area (Å²) in [4.78, 5) is 29.1. The normalized spacial score (nSPS) is 10.8. The van der Waals surface area contributed by atoms with E-state index in [1.807, 2.05) is 17.5 Å². The van der Waals surface area contributed by atoms with Crippen LogP contribution in [0.25, 0.3) is 21.7 Å². The molecule has 0 aromatic carbocycles. The van der Waals surface area contributed by atoms with Crippen molar-refractivity contribution in [3.63, 3.8) is 0 Å². The van der Waals surface area contributed by atoms with Crippen LogP contribution in [0.1, 0.15) is 22.5 Å². The molecule has 0 radical (unpaired) electrons. The number of nitrogens with one attached hydrogen (secondary N) is 1. The van der Waals surface area contributed by atoms with Crippen molar-refractivity contribution >= 4 is 34.3 Å². The average Bonchev–Trinajstić information content (AvgIpc) is 3.24. The number of thiophene rings is 1. The number of pyridine rings is 1. The van der Waals surface area contributed by atoms with Crippen molar-refractivity contribution in [3.05, 3.63) is 34.8 Å². The van der Waals surface area contributed by atoms with Gasteiger partial charge >= 0.3 is 5.97 Å². The number of nitrogens with zero attached hydrogens (tertiary/aromatic N) is 2. The monoisotopic (exact) mass is 345 g/mol. The SMILES string of the molecule is COC(=O)CCNC(=O)c1cc(-c2cccs2)nc2onc(C)c12. The molecule has 1 N–H and O–H groups in total. The smallest absolute Gasteiger partial charge is 0.307 e. The maximum Gasteiger partial charge on any atom is 0.307 e. The zero-order valence-electron chi connectivity index (χ0n) is 13.2. The molecule has 1 amide bonds. The number of methoxy groups -OCH3 is 1. The predicted octanol–water partition coefficient (Wildman–Crippen LogP) is 2.55. The van der Waals surface area contributed by atoms with Gasteiger partial charge in [0.05, 0.1) is 40.7 Å². The number of esters is 1. The van der Waals surface area contributed by atoms with Crippen LogP contribution in [0.2, 0.25) is 0 Å². The fraction of sp³-hybridized carbons (Fsp3) is 0.250. The van der Waals surface area contributed by atoms with Gasteiger partial charge in [0, 0.05) is 6.54 Å². The van der Waals surface area contributed by atoms with Crippen LogP contribution in [-0.4, -0.2) is 35.7 Å². The quantitative estimate of drug-likeness (QED) is 0.714. The summed E-state index contributed by atoms with van der Waals surface area (Å²) in [6, 6.07) is 5.54. The van der Waals surface area contributed by atoms with Crippen LogP contribution >= 0.6 is 11.3 Å². The summed E-state index contributed by atoms with van der Waals surface area (Å²) in [6.07, 6.45) is 0.108. The van der Waals surface area contributed by atoms with Crippen molar-refractivity contribution in [2.45, 2.75) is 13.3 Å². The second kappa shape index (κ2) is 6.79. The number of fused-ring (bicyclic) bond motifs is 1. The van der Waals surface area contributed by atoms with E-state index in [9.17, 15) is 9.59 Å². The summed E-state index contributed by atoms with van der Waals surface area (Å²) in [5, 5.41) is 9.12. The zero-order chi connectivity index (χ0) is 17.1. The van der Waals surface area contributed by atoms with Crippen LogP contribution in [0.3, 0.4) is 0 Å². The largest absolute Gasteiger partial charge is 0.469 e. The summed E-state index contributed by atoms with van der Waals surface area (Å²) in [6.45, 7) is 1.94. The Hall–Kier alpha value is -2.74. The molecule has 124 valence electrons. The highest BCUT2D eigenvalue weighted by molar-refractivity contribution is 7.13. The third kappa shape index (κ3) is 3.13. The molecule has 8 heteroatoms. The Morgan fingerprint density at radius 2 is 2.25 bits per heavy atom. The molecule has 7 nitrogen and oxygen atoms in total. The highest BCUT2D eigenvalue weighted by atomic mass is 32.1. The lowest BCUT2D eigenvalue weighted by molar-refractivity contribution is -0.140. The molecular formula is C16H15N3O4S. The molecule has 0 saturated carbocycles. The number of hydrogen-bond donors (Lipinski definition) is 1. The number of ether oxygens (including phenoxy) is 1. The molecule has 0 unspecified atom stereocenters. The van der Waals surface area contributed by atoms with E-state index >= 15 is 0 Å². The molecule has 24 heavy (non-hydrogen) atoms. The summed E-state index contributed by atoms with van der Waals surface area (Å²) in [7, 11) is 1.31. The van der Waals surface area contributed by atoms with Crippen LogP contribution in [0.15, 0.2) is 28.1 Å². The van der Waals surface area contributed by atoms with Crippen molar-refractivity contribution in [3.8, 4) is 10.6 Å². The zero-order valence-corrected chi connectivity index (χ0v) is 14.0. The third-order valence-corrected chi connectivity index (χ3v) is 4.37. The number of rotatable bonds is 5. The Labute approximate surface area is 141 Å². The number of amides is 1. The lowest BCUT2D eigenvalue weighted by Gasteiger charge is -2.07. The first-order chi connectivity index (χ1) is 11.6. The van der Waals surface area contributed by atoms with Gasteiger partial charge in [-0.25, -0.2) is 4.98 Å². The Morgan fingerprint density at radius 1 is 1.42 bits per heavy atom. The van der Waals surface area contributed by atoms with E-state index in [0.29, 0.717) is 28.1 Å². The lowest BCUT2D eigenvalue weighted by atomic mass is 10.1. The minimum Gasteiger partial charge on any atom is -0.469 e. The molecule has 3 heterocycles. The first-order valence-electron chi connectivity index (χ1n) is 7.26. The number of hydrogen-bond acceptors (Lipinski definition) is 7. The van der Waals surface area contributed by atoms with Gasteiger partial charge in [-0.05, 0) is 24.4 Å². The van der Waals surface area contributed by atoms with E-state index in [4.69, 9.17) is 4.52 Å². The van der Waals surface area contributed by atoms with Gasteiger partial charge in [-0.15, -0.1) is 11.3 Å². The van der Waals surface area contributed by atoms with Gasteiger partial charge in [0.1, 0.15) is 0 Å². The predicted molar refractivity (Wildman–Crippen MR) is 88.8 cm³/mol. The van der Waals surface area contributed by atoms with Gasteiger partial charge in [-0.3, -0.25) is 9.59 Å². The Kier molecular flexibility index (Phi) is 4.57. The van der Waals surface area contributed by atoms with Gasteiger partial charge in [-0.1, -0.05) is 11.2 Å². The molecule has 0 aliphatic heterocycles. The first-order valence-corrected chi connectivity index (χ1v) is 8.14. The van der Waals surface area contributed by atoms with Crippen LogP contribution < -0.4 is 5.32 Å². The molecular weight excluding hydrogens is 330 g/mol. The molecule has 3 aromatic rings. The maximum atomic E-state index is 12.5. The van der Waals surface area contributed by atoms with Crippen LogP contribution in [0.5, 0.6) is 0 Å². The van der Waals surface area contributed by atoms with Crippen LogP contribution in [0.4, 0.5) is 0 Å². The molecule has 0 fully saturated rings. The minimum atomic E-state index is -0.379. The van der Waals surface area contributed by atoms with E-state index in [1.54, 1.807) is 13.0 Å².